The highest BCUT2D eigenvalue weighted by atomic mass is 35.5. The molecule has 0 radical (unpaired) electrons. The van der Waals surface area contributed by atoms with Crippen molar-refractivity contribution in [1.82, 2.24) is 5.32 Å². The van der Waals surface area contributed by atoms with Crippen molar-refractivity contribution < 1.29 is 14.3 Å². The lowest BCUT2D eigenvalue weighted by molar-refractivity contribution is 0.0925. The fourth-order valence-electron chi connectivity index (χ4n) is 2.90. The van der Waals surface area contributed by atoms with Crippen molar-refractivity contribution in [2.24, 2.45) is 5.92 Å². The summed E-state index contributed by atoms with van der Waals surface area (Å²) in [6.07, 6.45) is 0.849. The summed E-state index contributed by atoms with van der Waals surface area (Å²) in [5, 5.41) is 3.90. The molecule has 1 heterocycles. The zero-order valence-corrected chi connectivity index (χ0v) is 16.2. The summed E-state index contributed by atoms with van der Waals surface area (Å²) in [5.74, 6) is 1.35. The van der Waals surface area contributed by atoms with E-state index in [9.17, 15) is 4.79 Å². The van der Waals surface area contributed by atoms with Crippen LogP contribution < -0.4 is 14.8 Å². The molecule has 0 bridgehead atoms. The van der Waals surface area contributed by atoms with E-state index in [-0.39, 0.29) is 17.9 Å². The van der Waals surface area contributed by atoms with E-state index in [2.05, 4.69) is 5.32 Å². The molecule has 2 aromatic rings. The molecule has 0 fully saturated rings. The topological polar surface area (TPSA) is 47.6 Å². The van der Waals surface area contributed by atoms with Crippen LogP contribution in [-0.4, -0.2) is 19.1 Å². The second-order valence-electron chi connectivity index (χ2n) is 6.58. The summed E-state index contributed by atoms with van der Waals surface area (Å²) >= 11 is 12.2. The smallest absolute Gasteiger partial charge is 0.253 e. The molecular weight excluding hydrogens is 373 g/mol. The molecule has 3 rings (SSSR count). The van der Waals surface area contributed by atoms with Gasteiger partial charge in [-0.25, -0.2) is 0 Å². The van der Waals surface area contributed by atoms with Crippen LogP contribution in [0, 0.1) is 5.92 Å². The van der Waals surface area contributed by atoms with Gasteiger partial charge in [-0.1, -0.05) is 43.1 Å². The number of rotatable bonds is 4. The molecule has 0 aliphatic carbocycles. The number of nitrogens with one attached hydrogen (secondary N) is 1. The predicted molar refractivity (Wildman–Crippen MR) is 104 cm³/mol. The molecule has 0 saturated heterocycles. The van der Waals surface area contributed by atoms with Crippen LogP contribution in [0.15, 0.2) is 36.4 Å². The average Bonchev–Trinajstić information content (AvgIpc) is 2.86. The molecule has 1 aliphatic rings. The Bertz CT molecular complexity index is 808. The number of fused-ring (bicyclic) bond motifs is 1. The molecule has 1 atom stereocenters. The normalized spacial score (nSPS) is 14.7. The van der Waals surface area contributed by atoms with Crippen molar-refractivity contribution in [2.75, 3.05) is 13.2 Å². The molecule has 1 unspecified atom stereocenters. The van der Waals surface area contributed by atoms with Crippen LogP contribution in [0.2, 0.25) is 10.0 Å². The van der Waals surface area contributed by atoms with Gasteiger partial charge in [0.2, 0.25) is 0 Å². The molecule has 1 amide bonds. The monoisotopic (exact) mass is 393 g/mol. The molecule has 0 saturated carbocycles. The molecule has 4 nitrogen and oxygen atoms in total. The molecule has 1 aliphatic heterocycles. The number of amides is 1. The molecule has 0 spiro atoms. The van der Waals surface area contributed by atoms with Gasteiger partial charge in [0.05, 0.1) is 29.8 Å². The standard InChI is InChI=1S/C20H21Cl2NO3/c1-12(2)19(23-20(24)15-11-14(21)5-6-16(15)22)13-4-7-17-18(10-13)26-9-3-8-25-17/h4-7,10-12,19H,3,8-9H2,1-2H3,(H,23,24). The summed E-state index contributed by atoms with van der Waals surface area (Å²) in [5.41, 5.74) is 1.31. The van der Waals surface area contributed by atoms with Crippen molar-refractivity contribution in [3.05, 3.63) is 57.6 Å². The fourth-order valence-corrected chi connectivity index (χ4v) is 3.27. The third-order valence-electron chi connectivity index (χ3n) is 4.26. The lowest BCUT2D eigenvalue weighted by Crippen LogP contribution is -2.32. The van der Waals surface area contributed by atoms with Gasteiger partial charge < -0.3 is 14.8 Å². The summed E-state index contributed by atoms with van der Waals surface area (Å²) in [4.78, 5) is 12.7. The Morgan fingerprint density at radius 3 is 2.50 bits per heavy atom. The van der Waals surface area contributed by atoms with Gasteiger partial charge in [0.1, 0.15) is 0 Å². The number of hydrogen-bond donors (Lipinski definition) is 1. The summed E-state index contributed by atoms with van der Waals surface area (Å²) < 4.78 is 11.4. The van der Waals surface area contributed by atoms with Crippen LogP contribution in [0.3, 0.4) is 0 Å². The van der Waals surface area contributed by atoms with Gasteiger partial charge in [-0.15, -0.1) is 0 Å². The summed E-state index contributed by atoms with van der Waals surface area (Å²) in [6.45, 7) is 5.36. The Balaban J connectivity index is 1.87. The molecular formula is C20H21Cl2NO3. The van der Waals surface area contributed by atoms with Crippen LogP contribution in [0.4, 0.5) is 0 Å². The first kappa shape index (κ1) is 18.9. The van der Waals surface area contributed by atoms with E-state index in [0.29, 0.717) is 34.6 Å². The highest BCUT2D eigenvalue weighted by Crippen LogP contribution is 2.34. The Hall–Kier alpha value is -1.91. The van der Waals surface area contributed by atoms with Gasteiger partial charge in [-0.2, -0.15) is 0 Å². The fraction of sp³-hybridized carbons (Fsp3) is 0.350. The van der Waals surface area contributed by atoms with E-state index in [1.54, 1.807) is 18.2 Å². The maximum Gasteiger partial charge on any atom is 0.253 e. The molecule has 0 aromatic heterocycles. The SMILES string of the molecule is CC(C)C(NC(=O)c1cc(Cl)ccc1Cl)c1ccc2c(c1)OCCCO2. The minimum absolute atomic E-state index is 0.168. The van der Waals surface area contributed by atoms with Crippen LogP contribution >= 0.6 is 23.2 Å². The van der Waals surface area contributed by atoms with E-state index in [1.807, 2.05) is 32.0 Å². The van der Waals surface area contributed by atoms with E-state index in [0.717, 1.165) is 17.7 Å². The summed E-state index contributed by atoms with van der Waals surface area (Å²) in [6, 6.07) is 10.4. The molecule has 138 valence electrons. The van der Waals surface area contributed by atoms with E-state index in [4.69, 9.17) is 32.7 Å². The Morgan fingerprint density at radius 2 is 1.77 bits per heavy atom. The van der Waals surface area contributed by atoms with Crippen LogP contribution in [0.5, 0.6) is 11.5 Å². The van der Waals surface area contributed by atoms with Gasteiger partial charge in [0.25, 0.3) is 5.91 Å². The van der Waals surface area contributed by atoms with Crippen molar-refractivity contribution in [1.29, 1.82) is 0 Å². The Labute approximate surface area is 163 Å². The second kappa shape index (κ2) is 8.19. The summed E-state index contributed by atoms with van der Waals surface area (Å²) in [7, 11) is 0. The lowest BCUT2D eigenvalue weighted by atomic mass is 9.95. The first-order valence-electron chi connectivity index (χ1n) is 8.61. The largest absolute Gasteiger partial charge is 0.490 e. The number of carbonyl (C=O) groups excluding carboxylic acids is 1. The molecule has 26 heavy (non-hydrogen) atoms. The highest BCUT2D eigenvalue weighted by molar-refractivity contribution is 6.35. The van der Waals surface area contributed by atoms with E-state index < -0.39 is 0 Å². The third-order valence-corrected chi connectivity index (χ3v) is 4.82. The first-order chi connectivity index (χ1) is 12.5. The van der Waals surface area contributed by atoms with Crippen molar-refractivity contribution in [3.8, 4) is 11.5 Å². The van der Waals surface area contributed by atoms with Gasteiger partial charge in [0.15, 0.2) is 11.5 Å². The number of benzene rings is 2. The zero-order chi connectivity index (χ0) is 18.7. The van der Waals surface area contributed by atoms with Crippen LogP contribution in [-0.2, 0) is 0 Å². The average molecular weight is 394 g/mol. The van der Waals surface area contributed by atoms with Crippen LogP contribution in [0.25, 0.3) is 0 Å². The minimum atomic E-state index is -0.261. The zero-order valence-electron chi connectivity index (χ0n) is 14.7. The van der Waals surface area contributed by atoms with Crippen molar-refractivity contribution in [3.63, 3.8) is 0 Å². The predicted octanol–water partition coefficient (Wildman–Crippen LogP) is 5.28. The number of halogens is 2. The van der Waals surface area contributed by atoms with Crippen LogP contribution in [0.1, 0.15) is 42.2 Å². The molecule has 2 aromatic carbocycles. The van der Waals surface area contributed by atoms with Gasteiger partial charge in [0, 0.05) is 11.4 Å². The Morgan fingerprint density at radius 1 is 1.04 bits per heavy atom. The Kier molecular flexibility index (Phi) is 5.94. The van der Waals surface area contributed by atoms with Gasteiger partial charge >= 0.3 is 0 Å². The first-order valence-corrected chi connectivity index (χ1v) is 9.37. The number of hydrogen-bond acceptors (Lipinski definition) is 3. The maximum absolute atomic E-state index is 12.7. The second-order valence-corrected chi connectivity index (χ2v) is 7.42. The van der Waals surface area contributed by atoms with Gasteiger partial charge in [-0.3, -0.25) is 4.79 Å². The molecule has 1 N–H and O–H groups in total. The highest BCUT2D eigenvalue weighted by Gasteiger charge is 2.22. The third kappa shape index (κ3) is 4.25. The lowest BCUT2D eigenvalue weighted by Gasteiger charge is -2.24. The number of carbonyl (C=O) groups is 1. The molecule has 6 heteroatoms. The quantitative estimate of drug-likeness (QED) is 0.768. The van der Waals surface area contributed by atoms with Crippen molar-refractivity contribution in [2.45, 2.75) is 26.3 Å². The minimum Gasteiger partial charge on any atom is -0.490 e. The van der Waals surface area contributed by atoms with Crippen molar-refractivity contribution >= 4 is 29.1 Å². The van der Waals surface area contributed by atoms with Gasteiger partial charge in [-0.05, 0) is 41.8 Å². The number of ether oxygens (including phenoxy) is 2. The maximum atomic E-state index is 12.7. The van der Waals surface area contributed by atoms with E-state index >= 15 is 0 Å². The van der Waals surface area contributed by atoms with E-state index in [1.165, 1.54) is 0 Å².